The van der Waals surface area contributed by atoms with Crippen LogP contribution in [-0.4, -0.2) is 36.2 Å². The number of carboxylic acids is 1. The maximum absolute atomic E-state index is 12.6. The zero-order valence-electron chi connectivity index (χ0n) is 17.0. The maximum atomic E-state index is 12.6. The van der Waals surface area contributed by atoms with Gasteiger partial charge in [-0.1, -0.05) is 44.7 Å². The average Bonchev–Trinajstić information content (AvgIpc) is 2.64. The van der Waals surface area contributed by atoms with Gasteiger partial charge in [0.1, 0.15) is 6.04 Å². The van der Waals surface area contributed by atoms with Gasteiger partial charge in [-0.25, -0.2) is 4.79 Å². The number of aliphatic carboxylic acids is 1. The number of hydrogen-bond acceptors (Lipinski definition) is 5. The first-order valence-electron chi connectivity index (χ1n) is 9.85. The van der Waals surface area contributed by atoms with Crippen LogP contribution < -0.4 is 5.32 Å². The molecule has 0 saturated heterocycles. The molecule has 0 aliphatic rings. The lowest BCUT2D eigenvalue weighted by atomic mass is 10.1. The lowest BCUT2D eigenvalue weighted by Crippen LogP contribution is -2.40. The molecule has 28 heavy (non-hydrogen) atoms. The van der Waals surface area contributed by atoms with E-state index < -0.39 is 25.5 Å². The molecule has 0 heterocycles. The van der Waals surface area contributed by atoms with E-state index in [9.17, 15) is 19.3 Å². The van der Waals surface area contributed by atoms with Crippen LogP contribution in [0.1, 0.15) is 68.8 Å². The van der Waals surface area contributed by atoms with Gasteiger partial charge in [-0.15, -0.1) is 0 Å². The van der Waals surface area contributed by atoms with Gasteiger partial charge in [0.25, 0.3) is 5.91 Å². The summed E-state index contributed by atoms with van der Waals surface area (Å²) >= 11 is 0. The molecule has 0 aliphatic carbocycles. The Morgan fingerprint density at radius 3 is 2.14 bits per heavy atom. The third-order valence-electron chi connectivity index (χ3n) is 4.19. The van der Waals surface area contributed by atoms with Gasteiger partial charge in [0, 0.05) is 5.56 Å². The fraction of sp³-hybridized carbons (Fsp3) is 0.600. The molecule has 0 aromatic heterocycles. The van der Waals surface area contributed by atoms with Crippen molar-refractivity contribution in [2.24, 2.45) is 0 Å². The summed E-state index contributed by atoms with van der Waals surface area (Å²) in [6, 6.07) is 5.62. The highest BCUT2D eigenvalue weighted by molar-refractivity contribution is 7.53. The summed E-state index contributed by atoms with van der Waals surface area (Å²) in [5.74, 6) is -1.47. The van der Waals surface area contributed by atoms with E-state index in [1.54, 1.807) is 38.1 Å². The molecule has 0 spiro atoms. The summed E-state index contributed by atoms with van der Waals surface area (Å²) in [7, 11) is -3.21. The molecule has 0 aliphatic heterocycles. The summed E-state index contributed by atoms with van der Waals surface area (Å²) in [5, 5.41) is 11.9. The lowest BCUT2D eigenvalue weighted by Gasteiger charge is -2.17. The molecule has 0 saturated carbocycles. The number of amides is 1. The van der Waals surface area contributed by atoms with Crippen LogP contribution in [0.3, 0.4) is 0 Å². The monoisotopic (exact) mass is 413 g/mol. The molecule has 1 rings (SSSR count). The number of hydrogen-bond donors (Lipinski definition) is 2. The van der Waals surface area contributed by atoms with E-state index in [-0.39, 0.29) is 19.4 Å². The minimum Gasteiger partial charge on any atom is -0.480 e. The molecule has 0 bridgehead atoms. The van der Waals surface area contributed by atoms with Gasteiger partial charge in [0.15, 0.2) is 0 Å². The van der Waals surface area contributed by atoms with Crippen molar-refractivity contribution in [2.45, 2.75) is 65.1 Å². The first-order valence-corrected chi connectivity index (χ1v) is 11.6. The predicted octanol–water partition coefficient (Wildman–Crippen LogP) is 4.61. The lowest BCUT2D eigenvalue weighted by molar-refractivity contribution is -0.139. The Hall–Kier alpha value is -1.69. The number of carbonyl (C=O) groups is 2. The number of carboxylic acid groups (broad SMARTS) is 1. The number of nitrogens with one attached hydrogen (secondary N) is 1. The third kappa shape index (κ3) is 8.55. The van der Waals surface area contributed by atoms with Crippen molar-refractivity contribution in [1.82, 2.24) is 5.32 Å². The molecule has 0 fully saturated rings. The molecular weight excluding hydrogens is 381 g/mol. The van der Waals surface area contributed by atoms with Gasteiger partial charge in [0.2, 0.25) is 0 Å². The van der Waals surface area contributed by atoms with E-state index in [2.05, 4.69) is 12.2 Å². The molecule has 0 radical (unpaired) electrons. The van der Waals surface area contributed by atoms with Crippen LogP contribution >= 0.6 is 7.60 Å². The van der Waals surface area contributed by atoms with Gasteiger partial charge in [-0.2, -0.15) is 0 Å². The Labute approximate surface area is 167 Å². The minimum absolute atomic E-state index is 0.117. The quantitative estimate of drug-likeness (QED) is 0.341. The highest BCUT2D eigenvalue weighted by Crippen LogP contribution is 2.51. The number of unbranched alkanes of at least 4 members (excludes halogenated alkanes) is 3. The number of carbonyl (C=O) groups excluding carboxylic acids is 1. The highest BCUT2D eigenvalue weighted by atomic mass is 31.2. The predicted molar refractivity (Wildman–Crippen MR) is 109 cm³/mol. The molecule has 0 unspecified atom stereocenters. The SMILES string of the molecule is CCCCCC[C@@H](NC(=O)c1ccc(CP(=O)(OCC)OCC)cc1)C(=O)O. The second kappa shape index (κ2) is 12.7. The van der Waals surface area contributed by atoms with Crippen molar-refractivity contribution in [1.29, 1.82) is 0 Å². The van der Waals surface area contributed by atoms with Crippen molar-refractivity contribution in [3.8, 4) is 0 Å². The van der Waals surface area contributed by atoms with Crippen LogP contribution in [0.2, 0.25) is 0 Å². The Bertz CT molecular complexity index is 651. The summed E-state index contributed by atoms with van der Waals surface area (Å²) in [4.78, 5) is 23.8. The molecular formula is C20H32NO6P. The fourth-order valence-electron chi connectivity index (χ4n) is 2.78. The summed E-state index contributed by atoms with van der Waals surface area (Å²) in [6.07, 6.45) is 4.35. The Morgan fingerprint density at radius 2 is 1.64 bits per heavy atom. The van der Waals surface area contributed by atoms with Crippen LogP contribution in [0.15, 0.2) is 24.3 Å². The molecule has 1 aromatic rings. The molecule has 158 valence electrons. The van der Waals surface area contributed by atoms with Crippen molar-refractivity contribution < 1.29 is 28.3 Å². The smallest absolute Gasteiger partial charge is 0.335 e. The van der Waals surface area contributed by atoms with Crippen molar-refractivity contribution in [3.63, 3.8) is 0 Å². The molecule has 2 N–H and O–H groups in total. The molecule has 1 amide bonds. The zero-order valence-corrected chi connectivity index (χ0v) is 17.9. The van der Waals surface area contributed by atoms with Crippen molar-refractivity contribution in [2.75, 3.05) is 13.2 Å². The van der Waals surface area contributed by atoms with E-state index in [1.165, 1.54) is 0 Å². The zero-order chi connectivity index (χ0) is 21.0. The van der Waals surface area contributed by atoms with Gasteiger partial charge < -0.3 is 19.5 Å². The van der Waals surface area contributed by atoms with E-state index in [0.29, 0.717) is 12.0 Å². The van der Waals surface area contributed by atoms with E-state index in [4.69, 9.17) is 9.05 Å². The summed E-state index contributed by atoms with van der Waals surface area (Å²) in [5.41, 5.74) is 1.07. The standard InChI is InChI=1S/C20H32NO6P/c1-4-7-8-9-10-18(20(23)24)21-19(22)17-13-11-16(12-14-17)15-28(25,26-5-2)27-6-3/h11-14,18H,4-10,15H2,1-3H3,(H,21,22)(H,23,24)/t18-/m1/s1. The first kappa shape index (κ1) is 24.3. The minimum atomic E-state index is -3.21. The normalized spacial score (nSPS) is 12.5. The van der Waals surface area contributed by atoms with Crippen LogP contribution in [0, 0.1) is 0 Å². The fourth-order valence-corrected chi connectivity index (χ4v) is 4.48. The first-order chi connectivity index (χ1) is 13.3. The third-order valence-corrected chi connectivity index (χ3v) is 6.25. The largest absolute Gasteiger partial charge is 0.480 e. The van der Waals surface area contributed by atoms with Crippen LogP contribution in [0.4, 0.5) is 0 Å². The number of rotatable bonds is 14. The van der Waals surface area contributed by atoms with Crippen molar-refractivity contribution in [3.05, 3.63) is 35.4 Å². The van der Waals surface area contributed by atoms with Gasteiger partial charge in [-0.05, 0) is 38.0 Å². The van der Waals surface area contributed by atoms with Gasteiger partial charge in [-0.3, -0.25) is 9.36 Å². The van der Waals surface area contributed by atoms with Gasteiger partial charge in [0.05, 0.1) is 19.4 Å². The molecule has 1 atom stereocenters. The van der Waals surface area contributed by atoms with Gasteiger partial charge >= 0.3 is 13.6 Å². The van der Waals surface area contributed by atoms with Crippen molar-refractivity contribution >= 4 is 19.5 Å². The highest BCUT2D eigenvalue weighted by Gasteiger charge is 2.24. The second-order valence-corrected chi connectivity index (χ2v) is 8.57. The average molecular weight is 413 g/mol. The van der Waals surface area contributed by atoms with Crippen LogP contribution in [-0.2, 0) is 24.6 Å². The van der Waals surface area contributed by atoms with Crippen LogP contribution in [0.25, 0.3) is 0 Å². The number of benzene rings is 1. The maximum Gasteiger partial charge on any atom is 0.335 e. The molecule has 8 heteroatoms. The van der Waals surface area contributed by atoms with E-state index >= 15 is 0 Å². The topological polar surface area (TPSA) is 102 Å². The van der Waals surface area contributed by atoms with Crippen LogP contribution in [0.5, 0.6) is 0 Å². The summed E-state index contributed by atoms with van der Waals surface area (Å²) in [6.45, 7) is 6.15. The van der Waals surface area contributed by atoms with E-state index in [0.717, 1.165) is 31.2 Å². The Morgan fingerprint density at radius 1 is 1.04 bits per heavy atom. The summed E-state index contributed by atoms with van der Waals surface area (Å²) < 4.78 is 23.1. The Kier molecular flexibility index (Phi) is 11.0. The second-order valence-electron chi connectivity index (χ2n) is 6.52. The molecule has 1 aromatic carbocycles. The Balaban J connectivity index is 2.71. The van der Waals surface area contributed by atoms with E-state index in [1.807, 2.05) is 0 Å². The molecule has 7 nitrogen and oxygen atoms in total.